The lowest BCUT2D eigenvalue weighted by molar-refractivity contribution is -0.128. The normalized spacial score (nSPS) is 11.1. The molecule has 23 heavy (non-hydrogen) atoms. The average Bonchev–Trinajstić information content (AvgIpc) is 2.48. The topological polar surface area (TPSA) is 70.2 Å². The smallest absolute Gasteiger partial charge is 0.225 e. The molecule has 0 spiro atoms. The standard InChI is InChI=1S/C18H29N3O2/c1-5-19-13-14-8-6-9-15(12-14)21-16(22)10-7-11-20-17(23)18(2,3)4/h6,8-9,12,19H,5,7,10-11,13H2,1-4H3,(H,20,23)(H,21,22). The zero-order valence-electron chi connectivity index (χ0n) is 14.7. The van der Waals surface area contributed by atoms with Crippen LogP contribution in [0.3, 0.4) is 0 Å². The molecule has 5 heteroatoms. The Morgan fingerprint density at radius 2 is 1.91 bits per heavy atom. The van der Waals surface area contributed by atoms with Crippen LogP contribution in [0.15, 0.2) is 24.3 Å². The monoisotopic (exact) mass is 319 g/mol. The third-order valence-corrected chi connectivity index (χ3v) is 3.34. The first-order valence-corrected chi connectivity index (χ1v) is 8.20. The molecule has 128 valence electrons. The third kappa shape index (κ3) is 7.79. The molecule has 0 radical (unpaired) electrons. The van der Waals surface area contributed by atoms with E-state index in [4.69, 9.17) is 0 Å². The predicted molar refractivity (Wildman–Crippen MR) is 94.2 cm³/mol. The van der Waals surface area contributed by atoms with Crippen LogP contribution in [-0.2, 0) is 16.1 Å². The van der Waals surface area contributed by atoms with Gasteiger partial charge in [0.25, 0.3) is 0 Å². The molecule has 0 aromatic heterocycles. The quantitative estimate of drug-likeness (QED) is 0.645. The second-order valence-electron chi connectivity index (χ2n) is 6.64. The Hall–Kier alpha value is -1.88. The summed E-state index contributed by atoms with van der Waals surface area (Å²) in [6.07, 6.45) is 1.02. The second-order valence-corrected chi connectivity index (χ2v) is 6.64. The van der Waals surface area contributed by atoms with Crippen molar-refractivity contribution in [2.24, 2.45) is 5.41 Å². The Morgan fingerprint density at radius 3 is 2.57 bits per heavy atom. The van der Waals surface area contributed by atoms with Crippen LogP contribution in [0.1, 0.15) is 46.1 Å². The first-order chi connectivity index (χ1) is 10.8. The Morgan fingerprint density at radius 1 is 1.17 bits per heavy atom. The first kappa shape index (κ1) is 19.2. The largest absolute Gasteiger partial charge is 0.356 e. The van der Waals surface area contributed by atoms with E-state index in [1.54, 1.807) is 0 Å². The maximum Gasteiger partial charge on any atom is 0.225 e. The highest BCUT2D eigenvalue weighted by Crippen LogP contribution is 2.13. The van der Waals surface area contributed by atoms with E-state index in [-0.39, 0.29) is 11.8 Å². The van der Waals surface area contributed by atoms with Crippen molar-refractivity contribution in [3.05, 3.63) is 29.8 Å². The summed E-state index contributed by atoms with van der Waals surface area (Å²) in [5.41, 5.74) is 1.56. The lowest BCUT2D eigenvalue weighted by Crippen LogP contribution is -2.35. The number of rotatable bonds is 8. The highest BCUT2D eigenvalue weighted by Gasteiger charge is 2.20. The molecule has 1 aromatic rings. The van der Waals surface area contributed by atoms with E-state index in [1.807, 2.05) is 45.0 Å². The van der Waals surface area contributed by atoms with Gasteiger partial charge >= 0.3 is 0 Å². The van der Waals surface area contributed by atoms with Gasteiger partial charge in [0, 0.05) is 30.6 Å². The molecule has 0 bridgehead atoms. The van der Waals surface area contributed by atoms with Gasteiger partial charge in [0.15, 0.2) is 0 Å². The van der Waals surface area contributed by atoms with Crippen LogP contribution in [0.2, 0.25) is 0 Å². The van der Waals surface area contributed by atoms with E-state index in [9.17, 15) is 9.59 Å². The van der Waals surface area contributed by atoms with Gasteiger partial charge in [-0.25, -0.2) is 0 Å². The molecule has 0 aliphatic rings. The Balaban J connectivity index is 2.32. The SMILES string of the molecule is CCNCc1cccc(NC(=O)CCCNC(=O)C(C)(C)C)c1. The minimum Gasteiger partial charge on any atom is -0.356 e. The minimum atomic E-state index is -0.394. The van der Waals surface area contributed by atoms with Gasteiger partial charge in [0.1, 0.15) is 0 Å². The molecule has 0 aliphatic heterocycles. The number of carbonyl (C=O) groups is 2. The number of benzene rings is 1. The molecule has 1 rings (SSSR count). The summed E-state index contributed by atoms with van der Waals surface area (Å²) in [7, 11) is 0. The summed E-state index contributed by atoms with van der Waals surface area (Å²) in [5.74, 6) is -0.0235. The molecule has 3 N–H and O–H groups in total. The lowest BCUT2D eigenvalue weighted by Gasteiger charge is -2.17. The number of carbonyl (C=O) groups excluding carboxylic acids is 2. The van der Waals surface area contributed by atoms with E-state index in [0.29, 0.717) is 19.4 Å². The number of hydrogen-bond acceptors (Lipinski definition) is 3. The minimum absolute atomic E-state index is 0.00836. The molecule has 2 amide bonds. The van der Waals surface area contributed by atoms with Crippen LogP contribution < -0.4 is 16.0 Å². The van der Waals surface area contributed by atoms with Gasteiger partial charge in [-0.2, -0.15) is 0 Å². The van der Waals surface area contributed by atoms with Crippen molar-refractivity contribution < 1.29 is 9.59 Å². The van der Waals surface area contributed by atoms with Crippen LogP contribution in [0.5, 0.6) is 0 Å². The van der Waals surface area contributed by atoms with Crippen LogP contribution in [0.4, 0.5) is 5.69 Å². The molecule has 0 atom stereocenters. The van der Waals surface area contributed by atoms with Crippen LogP contribution in [0.25, 0.3) is 0 Å². The maximum atomic E-state index is 11.9. The zero-order valence-corrected chi connectivity index (χ0v) is 14.7. The number of nitrogens with one attached hydrogen (secondary N) is 3. The van der Waals surface area contributed by atoms with Crippen LogP contribution in [-0.4, -0.2) is 24.9 Å². The van der Waals surface area contributed by atoms with Gasteiger partial charge in [-0.05, 0) is 30.7 Å². The van der Waals surface area contributed by atoms with Gasteiger partial charge in [0.05, 0.1) is 0 Å². The summed E-state index contributed by atoms with van der Waals surface area (Å²) >= 11 is 0. The molecule has 0 aliphatic carbocycles. The molecule has 0 saturated heterocycles. The van der Waals surface area contributed by atoms with Gasteiger partial charge in [-0.1, -0.05) is 39.8 Å². The number of amides is 2. The highest BCUT2D eigenvalue weighted by atomic mass is 16.2. The fourth-order valence-corrected chi connectivity index (χ4v) is 1.97. The van der Waals surface area contributed by atoms with E-state index in [1.165, 1.54) is 0 Å². The summed E-state index contributed by atoms with van der Waals surface area (Å²) in [6, 6.07) is 7.82. The van der Waals surface area contributed by atoms with Crippen molar-refractivity contribution in [2.45, 2.75) is 47.1 Å². The first-order valence-electron chi connectivity index (χ1n) is 8.20. The number of anilines is 1. The van der Waals surface area contributed by atoms with Crippen LogP contribution >= 0.6 is 0 Å². The predicted octanol–water partition coefficient (Wildman–Crippen LogP) is 2.68. The van der Waals surface area contributed by atoms with Gasteiger partial charge in [-0.15, -0.1) is 0 Å². The zero-order chi connectivity index (χ0) is 17.3. The summed E-state index contributed by atoms with van der Waals surface area (Å²) in [5, 5.41) is 9.00. The fraction of sp³-hybridized carbons (Fsp3) is 0.556. The van der Waals surface area contributed by atoms with E-state index in [2.05, 4.69) is 22.9 Å². The maximum absolute atomic E-state index is 11.9. The van der Waals surface area contributed by atoms with Crippen LogP contribution in [0, 0.1) is 5.41 Å². The molecule has 0 fully saturated rings. The van der Waals surface area contributed by atoms with Crippen molar-refractivity contribution in [3.8, 4) is 0 Å². The molecule has 5 nitrogen and oxygen atoms in total. The average molecular weight is 319 g/mol. The molecule has 0 unspecified atom stereocenters. The Bertz CT molecular complexity index is 521. The van der Waals surface area contributed by atoms with E-state index in [0.717, 1.165) is 24.3 Å². The van der Waals surface area contributed by atoms with Crippen molar-refractivity contribution in [1.82, 2.24) is 10.6 Å². The van der Waals surface area contributed by atoms with Gasteiger partial charge in [-0.3, -0.25) is 9.59 Å². The Labute approximate surface area is 139 Å². The lowest BCUT2D eigenvalue weighted by atomic mass is 9.96. The molecular weight excluding hydrogens is 290 g/mol. The van der Waals surface area contributed by atoms with E-state index >= 15 is 0 Å². The molecular formula is C18H29N3O2. The van der Waals surface area contributed by atoms with E-state index < -0.39 is 5.41 Å². The second kappa shape index (κ2) is 9.30. The molecule has 0 saturated carbocycles. The van der Waals surface area contributed by atoms with Crippen molar-refractivity contribution >= 4 is 17.5 Å². The third-order valence-electron chi connectivity index (χ3n) is 3.34. The van der Waals surface area contributed by atoms with Crippen molar-refractivity contribution in [1.29, 1.82) is 0 Å². The Kier molecular flexibility index (Phi) is 7.75. The summed E-state index contributed by atoms with van der Waals surface area (Å²) in [4.78, 5) is 23.6. The summed E-state index contributed by atoms with van der Waals surface area (Å²) in [6.45, 7) is 9.89. The number of hydrogen-bond donors (Lipinski definition) is 3. The molecule has 0 heterocycles. The highest BCUT2D eigenvalue weighted by molar-refractivity contribution is 5.90. The van der Waals surface area contributed by atoms with Gasteiger partial charge in [0.2, 0.25) is 11.8 Å². The fourth-order valence-electron chi connectivity index (χ4n) is 1.97. The van der Waals surface area contributed by atoms with Gasteiger partial charge < -0.3 is 16.0 Å². The van der Waals surface area contributed by atoms with Crippen molar-refractivity contribution in [2.75, 3.05) is 18.4 Å². The summed E-state index contributed by atoms with van der Waals surface area (Å²) < 4.78 is 0. The van der Waals surface area contributed by atoms with Crippen molar-refractivity contribution in [3.63, 3.8) is 0 Å². The molecule has 1 aromatic carbocycles.